The van der Waals surface area contributed by atoms with E-state index in [2.05, 4.69) is 8.52 Å². The van der Waals surface area contributed by atoms with Crippen molar-refractivity contribution in [3.8, 4) is 0 Å². The molecule has 1 aliphatic rings. The quantitative estimate of drug-likeness (QED) is 0.662. The average Bonchev–Trinajstić information content (AvgIpc) is 1.90. The van der Waals surface area contributed by atoms with Gasteiger partial charge in [0.25, 0.3) is 0 Å². The van der Waals surface area contributed by atoms with E-state index in [4.69, 9.17) is 0 Å². The smallest absolute Gasteiger partial charge is 0.0433 e. The molecule has 3 heteroatoms. The molecule has 0 unspecified atom stereocenters. The molecule has 1 N–H and O–H groups in total. The molecule has 0 amide bonds. The lowest BCUT2D eigenvalue weighted by atomic mass is 10.3. The molecule has 1 aliphatic heterocycles. The highest BCUT2D eigenvalue weighted by atomic mass is 127. The van der Waals surface area contributed by atoms with Gasteiger partial charge in [-0.3, -0.25) is 5.32 Å². The first kappa shape index (κ1) is 6.35. The van der Waals surface area contributed by atoms with Gasteiger partial charge in [0.15, 0.2) is 0 Å². The largest absolute Gasteiger partial charge is 0.289 e. The van der Waals surface area contributed by atoms with Crippen molar-refractivity contribution in [1.82, 2.24) is 5.32 Å². The summed E-state index contributed by atoms with van der Waals surface area (Å²) in [7, 11) is 1.98. The van der Waals surface area contributed by atoms with E-state index in [0.29, 0.717) is 0 Å². The summed E-state index contributed by atoms with van der Waals surface area (Å²) < 4.78 is 5.68. The molecule has 1 heterocycles. The van der Waals surface area contributed by atoms with Crippen LogP contribution < -0.4 is 5.32 Å². The molecule has 8 heavy (non-hydrogen) atoms. The first-order chi connectivity index (χ1) is 3.93. The van der Waals surface area contributed by atoms with Gasteiger partial charge in [-0.1, -0.05) is 0 Å². The van der Waals surface area contributed by atoms with E-state index in [9.17, 15) is 0 Å². The lowest BCUT2D eigenvalue weighted by Crippen LogP contribution is -2.16. The van der Waals surface area contributed by atoms with Crippen molar-refractivity contribution >= 4 is 30.9 Å². The number of nitrogens with one attached hydrogen (secondary N) is 1. The maximum Gasteiger partial charge on any atom is 0.0433 e. The van der Waals surface area contributed by atoms with Gasteiger partial charge in [-0.05, 0) is 19.9 Å². The second kappa shape index (κ2) is 3.29. The van der Waals surface area contributed by atoms with E-state index < -0.39 is 0 Å². The number of hydrogen-bond acceptors (Lipinski definition) is 2. The Morgan fingerprint density at radius 3 is 3.12 bits per heavy atom. The van der Waals surface area contributed by atoms with Gasteiger partial charge in [0, 0.05) is 30.9 Å². The minimum Gasteiger partial charge on any atom is -0.289 e. The highest BCUT2D eigenvalue weighted by Gasteiger charge is 1.95. The minimum absolute atomic E-state index is 0.0237. The van der Waals surface area contributed by atoms with Crippen molar-refractivity contribution in [3.63, 3.8) is 0 Å². The second-order valence-electron chi connectivity index (χ2n) is 1.56. The molecular formula is C5H9IN2. The lowest BCUT2D eigenvalue weighted by Gasteiger charge is -2.02. The van der Waals surface area contributed by atoms with Crippen LogP contribution in [0, 0.1) is 0 Å². The topological polar surface area (TPSA) is 24.4 Å². The minimum atomic E-state index is 0.0237. The molecule has 0 saturated carbocycles. The Bertz CT molecular complexity index is 128. The number of nitrogens with zero attached hydrogens (tertiary/aromatic N) is 1. The molecule has 0 aromatic rings. The summed E-state index contributed by atoms with van der Waals surface area (Å²) in [6.45, 7) is 0. The SMILES string of the molecule is CNC1=IN=CCC1. The van der Waals surface area contributed by atoms with Gasteiger partial charge in [0.05, 0.1) is 0 Å². The summed E-state index contributed by atoms with van der Waals surface area (Å²) in [5.41, 5.74) is 0. The molecule has 0 bridgehead atoms. The maximum atomic E-state index is 4.21. The molecule has 2 nitrogen and oxygen atoms in total. The van der Waals surface area contributed by atoms with Gasteiger partial charge >= 0.3 is 0 Å². The van der Waals surface area contributed by atoms with Crippen molar-refractivity contribution in [2.45, 2.75) is 12.8 Å². The summed E-state index contributed by atoms with van der Waals surface area (Å²) in [5.74, 6) is 0. The summed E-state index contributed by atoms with van der Waals surface area (Å²) in [4.78, 5) is 0. The van der Waals surface area contributed by atoms with E-state index >= 15 is 0 Å². The summed E-state index contributed by atoms with van der Waals surface area (Å²) >= 11 is 0.0237. The van der Waals surface area contributed by atoms with Gasteiger partial charge in [0.1, 0.15) is 0 Å². The van der Waals surface area contributed by atoms with Gasteiger partial charge in [-0.2, -0.15) is 0 Å². The second-order valence-corrected chi connectivity index (χ2v) is 3.90. The van der Waals surface area contributed by atoms with E-state index in [1.807, 2.05) is 13.3 Å². The van der Waals surface area contributed by atoms with Crippen molar-refractivity contribution in [2.75, 3.05) is 7.05 Å². The van der Waals surface area contributed by atoms with Gasteiger partial charge in [-0.15, -0.1) is 0 Å². The Morgan fingerprint density at radius 1 is 1.88 bits per heavy atom. The van der Waals surface area contributed by atoms with Gasteiger partial charge in [0.2, 0.25) is 0 Å². The summed E-state index contributed by atoms with van der Waals surface area (Å²) in [6, 6.07) is 0. The van der Waals surface area contributed by atoms with Crippen LogP contribution in [-0.2, 0) is 0 Å². The van der Waals surface area contributed by atoms with Gasteiger partial charge in [-0.25, -0.2) is 3.21 Å². The Kier molecular flexibility index (Phi) is 2.62. The third kappa shape index (κ3) is 1.63. The Morgan fingerprint density at radius 2 is 2.75 bits per heavy atom. The van der Waals surface area contributed by atoms with Crippen molar-refractivity contribution in [3.05, 3.63) is 0 Å². The summed E-state index contributed by atoms with van der Waals surface area (Å²) in [6.07, 6.45) is 4.39. The number of hydrogen-bond donors (Lipinski definition) is 1. The molecule has 46 valence electrons. The zero-order valence-electron chi connectivity index (χ0n) is 4.82. The van der Waals surface area contributed by atoms with E-state index in [-0.39, 0.29) is 21.0 Å². The summed E-state index contributed by atoms with van der Waals surface area (Å²) in [5, 5.41) is 3.16. The van der Waals surface area contributed by atoms with Crippen molar-refractivity contribution < 1.29 is 0 Å². The van der Waals surface area contributed by atoms with Gasteiger partial charge < -0.3 is 0 Å². The Hall–Kier alpha value is 0.230. The van der Waals surface area contributed by atoms with E-state index in [1.165, 1.54) is 10.1 Å². The fraction of sp³-hybridized carbons (Fsp3) is 0.600. The standard InChI is InChI=1S/C5H9IN2/c1-7-5-3-2-4-8-6-5/h4,7H,2-3H2,1H3. The van der Waals surface area contributed by atoms with Crippen LogP contribution in [0.1, 0.15) is 12.8 Å². The maximum absolute atomic E-state index is 4.21. The molecule has 0 atom stereocenters. The van der Waals surface area contributed by atoms with Crippen LogP contribution in [0.3, 0.4) is 0 Å². The fourth-order valence-electron chi connectivity index (χ4n) is 0.543. The predicted octanol–water partition coefficient (Wildman–Crippen LogP) is 1.09. The van der Waals surface area contributed by atoms with Crippen LogP contribution in [0.5, 0.6) is 0 Å². The average molecular weight is 224 g/mol. The molecule has 0 saturated heterocycles. The first-order valence-electron chi connectivity index (χ1n) is 2.63. The molecule has 0 spiro atoms. The molecule has 0 radical (unpaired) electrons. The molecule has 0 fully saturated rings. The van der Waals surface area contributed by atoms with Crippen LogP contribution in [0.4, 0.5) is 0 Å². The van der Waals surface area contributed by atoms with E-state index in [0.717, 1.165) is 6.42 Å². The fourth-order valence-corrected chi connectivity index (χ4v) is 2.15. The van der Waals surface area contributed by atoms with Crippen molar-refractivity contribution in [1.29, 1.82) is 0 Å². The van der Waals surface area contributed by atoms with Crippen LogP contribution >= 0.6 is 21.0 Å². The van der Waals surface area contributed by atoms with Crippen LogP contribution in [0.2, 0.25) is 0 Å². The third-order valence-corrected chi connectivity index (χ3v) is 3.32. The molecule has 1 rings (SSSR count). The number of halogens is 1. The zero-order valence-corrected chi connectivity index (χ0v) is 6.97. The molecule has 0 aromatic heterocycles. The normalized spacial score (nSPS) is 19.4. The monoisotopic (exact) mass is 224 g/mol. The highest BCUT2D eigenvalue weighted by Crippen LogP contribution is 2.09. The van der Waals surface area contributed by atoms with E-state index in [1.54, 1.807) is 0 Å². The lowest BCUT2D eigenvalue weighted by molar-refractivity contribution is 1.08. The number of rotatable bonds is 1. The van der Waals surface area contributed by atoms with Crippen LogP contribution in [0.15, 0.2) is 3.21 Å². The van der Waals surface area contributed by atoms with Crippen LogP contribution in [0.25, 0.3) is 0 Å². The Labute approximate surface area is 59.5 Å². The predicted molar refractivity (Wildman–Crippen MR) is 45.8 cm³/mol. The first-order valence-corrected chi connectivity index (χ1v) is 4.67. The molecule has 0 aliphatic carbocycles. The van der Waals surface area contributed by atoms with Crippen LogP contribution in [-0.4, -0.2) is 16.9 Å². The van der Waals surface area contributed by atoms with Crippen molar-refractivity contribution in [2.24, 2.45) is 3.21 Å². The third-order valence-electron chi connectivity index (χ3n) is 0.984. The highest BCUT2D eigenvalue weighted by molar-refractivity contribution is 14.2. The molecular weight excluding hydrogens is 215 g/mol. The zero-order chi connectivity index (χ0) is 5.82. The Balaban J connectivity index is 2.50. The molecule has 0 aromatic carbocycles.